The number of carbonyl (C=O) groups excluding carboxylic acids is 2. The van der Waals surface area contributed by atoms with E-state index in [1.807, 2.05) is 32.0 Å². The highest BCUT2D eigenvalue weighted by atomic mass is 35.5. The lowest BCUT2D eigenvalue weighted by molar-refractivity contribution is -0.116. The van der Waals surface area contributed by atoms with Crippen LogP contribution in [0.3, 0.4) is 0 Å². The van der Waals surface area contributed by atoms with Gasteiger partial charge in [0.15, 0.2) is 11.5 Å². The second-order valence-corrected chi connectivity index (χ2v) is 7.14. The van der Waals surface area contributed by atoms with Gasteiger partial charge in [0.1, 0.15) is 12.3 Å². The highest BCUT2D eigenvalue weighted by molar-refractivity contribution is 6.31. The first-order chi connectivity index (χ1) is 14.3. The van der Waals surface area contributed by atoms with Crippen LogP contribution in [0.25, 0.3) is 0 Å². The Labute approximate surface area is 178 Å². The summed E-state index contributed by atoms with van der Waals surface area (Å²) in [6.45, 7) is 3.69. The molecule has 30 heavy (non-hydrogen) atoms. The number of nitrogens with two attached hydrogens (primary N) is 1. The van der Waals surface area contributed by atoms with Crippen molar-refractivity contribution in [2.24, 2.45) is 0 Å². The van der Waals surface area contributed by atoms with E-state index in [2.05, 4.69) is 20.9 Å². The Morgan fingerprint density at radius 3 is 2.50 bits per heavy atom. The van der Waals surface area contributed by atoms with Crippen molar-refractivity contribution in [2.75, 3.05) is 23.5 Å². The van der Waals surface area contributed by atoms with Crippen LogP contribution in [-0.2, 0) is 11.3 Å². The molecule has 1 heterocycles. The molecule has 0 saturated heterocycles. The van der Waals surface area contributed by atoms with E-state index in [1.54, 1.807) is 12.1 Å². The van der Waals surface area contributed by atoms with E-state index >= 15 is 0 Å². The van der Waals surface area contributed by atoms with E-state index in [1.165, 1.54) is 13.2 Å². The Morgan fingerprint density at radius 1 is 1.13 bits per heavy atom. The third-order valence-electron chi connectivity index (χ3n) is 4.20. The van der Waals surface area contributed by atoms with Crippen LogP contribution in [0.15, 0.2) is 36.4 Å². The number of nitrogens with one attached hydrogen (secondary N) is 2. The van der Waals surface area contributed by atoms with Gasteiger partial charge in [-0.2, -0.15) is 0 Å². The van der Waals surface area contributed by atoms with E-state index in [4.69, 9.17) is 22.1 Å². The minimum Gasteiger partial charge on any atom is -0.495 e. The average Bonchev–Trinajstić information content (AvgIpc) is 3.01. The maximum absolute atomic E-state index is 12.6. The number of carbonyl (C=O) groups is 2. The lowest BCUT2D eigenvalue weighted by Crippen LogP contribution is -2.21. The van der Waals surface area contributed by atoms with Crippen molar-refractivity contribution in [3.05, 3.63) is 58.2 Å². The quantitative estimate of drug-likeness (QED) is 0.554. The predicted molar refractivity (Wildman–Crippen MR) is 115 cm³/mol. The molecular formula is C20H21ClN6O3. The largest absolute Gasteiger partial charge is 0.495 e. The third-order valence-corrected chi connectivity index (χ3v) is 4.43. The molecule has 0 unspecified atom stereocenters. The summed E-state index contributed by atoms with van der Waals surface area (Å²) < 4.78 is 6.35. The lowest BCUT2D eigenvalue weighted by atomic mass is 10.1. The topological polar surface area (TPSA) is 124 Å². The predicted octanol–water partition coefficient (Wildman–Crippen LogP) is 3.03. The summed E-state index contributed by atoms with van der Waals surface area (Å²) in [5.41, 5.74) is 8.96. The van der Waals surface area contributed by atoms with Crippen LogP contribution in [0.4, 0.5) is 17.2 Å². The van der Waals surface area contributed by atoms with Crippen molar-refractivity contribution >= 4 is 40.6 Å². The van der Waals surface area contributed by atoms with Crippen LogP contribution >= 0.6 is 11.6 Å². The van der Waals surface area contributed by atoms with Gasteiger partial charge >= 0.3 is 0 Å². The molecule has 0 aliphatic carbocycles. The Hall–Kier alpha value is -3.59. The summed E-state index contributed by atoms with van der Waals surface area (Å²) in [5.74, 6) is -0.565. The number of halogens is 1. The fraction of sp³-hybridized carbons (Fsp3) is 0.200. The van der Waals surface area contributed by atoms with Gasteiger partial charge in [-0.1, -0.05) is 22.9 Å². The molecule has 156 valence electrons. The standard InChI is InChI=1S/C20H21ClN6O3/c1-11-6-12(2)8-14(7-11)23-17(28)10-27-19(22)18(25-26-27)20(29)24-15-9-13(21)4-5-16(15)30-3/h4-9H,10,22H2,1-3H3,(H,23,28)(H,24,29). The molecule has 0 bridgehead atoms. The fourth-order valence-corrected chi connectivity index (χ4v) is 3.11. The van der Waals surface area contributed by atoms with Crippen molar-refractivity contribution in [3.8, 4) is 5.75 Å². The Morgan fingerprint density at radius 2 is 1.83 bits per heavy atom. The molecule has 2 aromatic carbocycles. The minimum atomic E-state index is -0.603. The van der Waals surface area contributed by atoms with Gasteiger partial charge in [0, 0.05) is 10.7 Å². The van der Waals surface area contributed by atoms with Gasteiger partial charge in [0.2, 0.25) is 5.91 Å². The molecule has 0 radical (unpaired) electrons. The number of aryl methyl sites for hydroxylation is 2. The van der Waals surface area contributed by atoms with E-state index in [0.717, 1.165) is 15.8 Å². The molecule has 0 aliphatic rings. The minimum absolute atomic E-state index is 0.0379. The van der Waals surface area contributed by atoms with Gasteiger partial charge in [0.05, 0.1) is 12.8 Å². The van der Waals surface area contributed by atoms with E-state index in [9.17, 15) is 9.59 Å². The highest BCUT2D eigenvalue weighted by Crippen LogP contribution is 2.28. The van der Waals surface area contributed by atoms with Crippen molar-refractivity contribution in [2.45, 2.75) is 20.4 Å². The zero-order chi connectivity index (χ0) is 21.8. The summed E-state index contributed by atoms with van der Waals surface area (Å²) in [6.07, 6.45) is 0. The number of aromatic nitrogens is 3. The molecule has 4 N–H and O–H groups in total. The van der Waals surface area contributed by atoms with Gasteiger partial charge in [0.25, 0.3) is 5.91 Å². The van der Waals surface area contributed by atoms with Crippen LogP contribution in [0.2, 0.25) is 5.02 Å². The van der Waals surface area contributed by atoms with Crippen LogP contribution < -0.4 is 21.1 Å². The van der Waals surface area contributed by atoms with Crippen LogP contribution in [0.5, 0.6) is 5.75 Å². The highest BCUT2D eigenvalue weighted by Gasteiger charge is 2.20. The summed E-state index contributed by atoms with van der Waals surface area (Å²) in [4.78, 5) is 24.9. The summed E-state index contributed by atoms with van der Waals surface area (Å²) in [7, 11) is 1.47. The second kappa shape index (κ2) is 8.83. The Bertz CT molecular complexity index is 1090. The number of amides is 2. The van der Waals surface area contributed by atoms with Gasteiger partial charge < -0.3 is 21.1 Å². The zero-order valence-corrected chi connectivity index (χ0v) is 17.4. The molecule has 0 saturated carbocycles. The number of nitrogens with zero attached hydrogens (tertiary/aromatic N) is 3. The van der Waals surface area contributed by atoms with E-state index < -0.39 is 5.91 Å². The van der Waals surface area contributed by atoms with Crippen molar-refractivity contribution in [1.29, 1.82) is 0 Å². The van der Waals surface area contributed by atoms with Crippen LogP contribution in [-0.4, -0.2) is 33.9 Å². The number of ether oxygens (including phenoxy) is 1. The number of hydrogen-bond acceptors (Lipinski definition) is 6. The number of methoxy groups -OCH3 is 1. The molecule has 0 aliphatic heterocycles. The van der Waals surface area contributed by atoms with Crippen LogP contribution in [0, 0.1) is 13.8 Å². The number of benzene rings is 2. The molecule has 1 aromatic heterocycles. The zero-order valence-electron chi connectivity index (χ0n) is 16.7. The van der Waals surface area contributed by atoms with Crippen molar-refractivity contribution < 1.29 is 14.3 Å². The van der Waals surface area contributed by atoms with Gasteiger partial charge in [-0.3, -0.25) is 9.59 Å². The molecule has 2 amide bonds. The average molecular weight is 429 g/mol. The van der Waals surface area contributed by atoms with Crippen molar-refractivity contribution in [1.82, 2.24) is 15.0 Å². The molecule has 0 atom stereocenters. The molecule has 9 nitrogen and oxygen atoms in total. The smallest absolute Gasteiger partial charge is 0.280 e. The monoisotopic (exact) mass is 428 g/mol. The van der Waals surface area contributed by atoms with Crippen LogP contribution in [0.1, 0.15) is 21.6 Å². The van der Waals surface area contributed by atoms with E-state index in [-0.39, 0.29) is 24.0 Å². The molecular weight excluding hydrogens is 408 g/mol. The Balaban J connectivity index is 1.71. The number of hydrogen-bond donors (Lipinski definition) is 3. The first-order valence-corrected chi connectivity index (χ1v) is 9.36. The molecule has 3 aromatic rings. The second-order valence-electron chi connectivity index (χ2n) is 6.70. The lowest BCUT2D eigenvalue weighted by Gasteiger charge is -2.10. The summed E-state index contributed by atoms with van der Waals surface area (Å²) >= 11 is 5.97. The molecule has 0 fully saturated rings. The summed E-state index contributed by atoms with van der Waals surface area (Å²) in [6, 6.07) is 10.5. The number of anilines is 3. The number of rotatable bonds is 6. The first kappa shape index (κ1) is 21.1. The maximum Gasteiger partial charge on any atom is 0.280 e. The third kappa shape index (κ3) is 4.87. The SMILES string of the molecule is COc1ccc(Cl)cc1NC(=O)c1nnn(CC(=O)Nc2cc(C)cc(C)c2)c1N. The first-order valence-electron chi connectivity index (χ1n) is 8.99. The van der Waals surface area contributed by atoms with E-state index in [0.29, 0.717) is 22.1 Å². The Kier molecular flexibility index (Phi) is 6.22. The summed E-state index contributed by atoms with van der Waals surface area (Å²) in [5, 5.41) is 13.5. The molecule has 10 heteroatoms. The van der Waals surface area contributed by atoms with Gasteiger partial charge in [-0.25, -0.2) is 4.68 Å². The molecule has 0 spiro atoms. The van der Waals surface area contributed by atoms with Gasteiger partial charge in [-0.05, 0) is 55.3 Å². The van der Waals surface area contributed by atoms with Gasteiger partial charge in [-0.15, -0.1) is 5.10 Å². The number of nitrogen functional groups attached to an aromatic ring is 1. The van der Waals surface area contributed by atoms with Crippen molar-refractivity contribution in [3.63, 3.8) is 0 Å². The maximum atomic E-state index is 12.6. The normalized spacial score (nSPS) is 10.5. The fourth-order valence-electron chi connectivity index (χ4n) is 2.94. The molecule has 3 rings (SSSR count).